The summed E-state index contributed by atoms with van der Waals surface area (Å²) in [7, 11) is 0. The Labute approximate surface area is 166 Å². The number of hydrazine groups is 1. The third kappa shape index (κ3) is 2.94. The molecule has 0 saturated carbocycles. The first-order valence-electron chi connectivity index (χ1n) is 8.58. The summed E-state index contributed by atoms with van der Waals surface area (Å²) >= 11 is 3.44. The van der Waals surface area contributed by atoms with E-state index in [2.05, 4.69) is 15.9 Å². The number of nitrogens with zero attached hydrogens (tertiary/aromatic N) is 2. The summed E-state index contributed by atoms with van der Waals surface area (Å²) < 4.78 is 0.925. The van der Waals surface area contributed by atoms with Gasteiger partial charge in [-0.1, -0.05) is 40.2 Å². The number of fused-ring (bicyclic) bond motifs is 1. The van der Waals surface area contributed by atoms with Gasteiger partial charge in [-0.2, -0.15) is 5.01 Å². The van der Waals surface area contributed by atoms with Gasteiger partial charge in [0.05, 0.1) is 22.5 Å². The predicted octanol–water partition coefficient (Wildman–Crippen LogP) is 5.42. The molecule has 27 heavy (non-hydrogen) atoms. The molecular weight excluding hydrogens is 404 g/mol. The maximum atomic E-state index is 13.1. The summed E-state index contributed by atoms with van der Waals surface area (Å²) in [5.74, 6) is -0.640. The quantitative estimate of drug-likeness (QED) is 0.531. The predicted molar refractivity (Wildman–Crippen MR) is 109 cm³/mol. The molecule has 1 aliphatic rings. The van der Waals surface area contributed by atoms with Crippen molar-refractivity contribution in [2.75, 3.05) is 5.01 Å². The summed E-state index contributed by atoms with van der Waals surface area (Å²) in [6, 6.07) is 20.5. The van der Waals surface area contributed by atoms with Gasteiger partial charge < -0.3 is 0 Å². The Morgan fingerprint density at radius 2 is 1.41 bits per heavy atom. The first-order valence-corrected chi connectivity index (χ1v) is 9.37. The van der Waals surface area contributed by atoms with Crippen molar-refractivity contribution in [2.45, 2.75) is 13.8 Å². The van der Waals surface area contributed by atoms with Crippen molar-refractivity contribution >= 4 is 39.1 Å². The van der Waals surface area contributed by atoms with Gasteiger partial charge in [-0.3, -0.25) is 9.59 Å². The largest absolute Gasteiger partial charge is 0.281 e. The summed E-state index contributed by atoms with van der Waals surface area (Å²) in [5, 5.41) is 2.94. The van der Waals surface area contributed by atoms with Crippen LogP contribution in [0.2, 0.25) is 0 Å². The van der Waals surface area contributed by atoms with Crippen molar-refractivity contribution in [3.63, 3.8) is 0 Å². The van der Waals surface area contributed by atoms with Gasteiger partial charge in [0, 0.05) is 4.47 Å². The lowest BCUT2D eigenvalue weighted by molar-refractivity contribution is 0.0654. The Morgan fingerprint density at radius 1 is 0.815 bits per heavy atom. The van der Waals surface area contributed by atoms with Crippen LogP contribution >= 0.6 is 15.9 Å². The first-order chi connectivity index (χ1) is 13.0. The van der Waals surface area contributed by atoms with E-state index < -0.39 is 0 Å². The highest BCUT2D eigenvalue weighted by molar-refractivity contribution is 9.10. The van der Waals surface area contributed by atoms with Crippen LogP contribution in [0.15, 0.2) is 71.2 Å². The molecule has 5 heteroatoms. The van der Waals surface area contributed by atoms with E-state index in [1.165, 1.54) is 5.01 Å². The number of hydrogen-bond acceptors (Lipinski definition) is 3. The van der Waals surface area contributed by atoms with Gasteiger partial charge in [0.1, 0.15) is 0 Å². The van der Waals surface area contributed by atoms with Crippen LogP contribution in [0.3, 0.4) is 0 Å². The maximum absolute atomic E-state index is 13.1. The highest BCUT2D eigenvalue weighted by Crippen LogP contribution is 2.36. The number of halogens is 1. The second-order valence-corrected chi connectivity index (χ2v) is 7.46. The lowest BCUT2D eigenvalue weighted by Gasteiger charge is -2.33. The maximum Gasteiger partial charge on any atom is 0.281 e. The number of aryl methyl sites for hydroxylation is 2. The minimum Gasteiger partial charge on any atom is -0.267 e. The Morgan fingerprint density at radius 3 is 2.00 bits per heavy atom. The van der Waals surface area contributed by atoms with Crippen molar-refractivity contribution in [1.82, 2.24) is 5.01 Å². The van der Waals surface area contributed by atoms with Gasteiger partial charge in [-0.05, 0) is 67.4 Å². The molecule has 0 saturated heterocycles. The molecule has 4 nitrogen and oxygen atoms in total. The fourth-order valence-corrected chi connectivity index (χ4v) is 3.51. The van der Waals surface area contributed by atoms with Crippen LogP contribution in [0.1, 0.15) is 31.8 Å². The summed E-state index contributed by atoms with van der Waals surface area (Å²) in [6.45, 7) is 3.96. The van der Waals surface area contributed by atoms with E-state index in [4.69, 9.17) is 0 Å². The zero-order valence-electron chi connectivity index (χ0n) is 14.9. The van der Waals surface area contributed by atoms with E-state index >= 15 is 0 Å². The normalized spacial score (nSPS) is 13.1. The monoisotopic (exact) mass is 420 g/mol. The number of benzene rings is 3. The fraction of sp³-hybridized carbons (Fsp3) is 0.0909. The van der Waals surface area contributed by atoms with Crippen LogP contribution in [0, 0.1) is 13.8 Å². The molecule has 3 aromatic rings. The molecule has 0 radical (unpaired) electrons. The first kappa shape index (κ1) is 17.5. The van der Waals surface area contributed by atoms with E-state index in [1.54, 1.807) is 29.3 Å². The summed E-state index contributed by atoms with van der Waals surface area (Å²) in [5.41, 5.74) is 4.41. The highest BCUT2D eigenvalue weighted by atomic mass is 79.9. The molecular formula is C22H17BrN2O2. The second kappa shape index (κ2) is 6.67. The zero-order chi connectivity index (χ0) is 19.1. The van der Waals surface area contributed by atoms with Crippen LogP contribution in [0.5, 0.6) is 0 Å². The lowest BCUT2D eigenvalue weighted by Crippen LogP contribution is -2.44. The topological polar surface area (TPSA) is 40.6 Å². The van der Waals surface area contributed by atoms with E-state index in [1.807, 2.05) is 56.3 Å². The SMILES string of the molecule is Cc1ccc(C)c(N(c2ccc(Br)cc2)N2C(=O)c3ccccc3C2=O)c1. The van der Waals surface area contributed by atoms with Crippen LogP contribution in [0.4, 0.5) is 11.4 Å². The van der Waals surface area contributed by atoms with E-state index in [9.17, 15) is 9.59 Å². The van der Waals surface area contributed by atoms with Crippen LogP contribution in [0.25, 0.3) is 0 Å². The highest BCUT2D eigenvalue weighted by Gasteiger charge is 2.40. The molecule has 0 N–H and O–H groups in total. The van der Waals surface area contributed by atoms with E-state index in [-0.39, 0.29) is 11.8 Å². The van der Waals surface area contributed by atoms with Crippen LogP contribution < -0.4 is 5.01 Å². The van der Waals surface area contributed by atoms with Gasteiger partial charge in [0.15, 0.2) is 0 Å². The average Bonchev–Trinajstić information content (AvgIpc) is 2.92. The molecule has 3 aromatic carbocycles. The van der Waals surface area contributed by atoms with Gasteiger partial charge in [-0.25, -0.2) is 5.01 Å². The molecule has 0 spiro atoms. The molecule has 0 bridgehead atoms. The smallest absolute Gasteiger partial charge is 0.267 e. The van der Waals surface area contributed by atoms with Crippen molar-refractivity contribution in [3.8, 4) is 0 Å². The summed E-state index contributed by atoms with van der Waals surface area (Å²) in [6.07, 6.45) is 0. The molecule has 1 aliphatic heterocycles. The fourth-order valence-electron chi connectivity index (χ4n) is 3.25. The third-order valence-electron chi connectivity index (χ3n) is 4.64. The Balaban J connectivity index is 1.92. The molecule has 0 aromatic heterocycles. The number of rotatable bonds is 3. The molecule has 0 aliphatic carbocycles. The number of amides is 2. The molecule has 1 heterocycles. The minimum absolute atomic E-state index is 0.320. The molecule has 4 rings (SSSR count). The number of carbonyl (C=O) groups is 2. The molecule has 0 fully saturated rings. The minimum atomic E-state index is -0.320. The number of carbonyl (C=O) groups excluding carboxylic acids is 2. The Hall–Kier alpha value is -2.92. The van der Waals surface area contributed by atoms with Gasteiger partial charge in [-0.15, -0.1) is 0 Å². The standard InChI is InChI=1S/C22H17BrN2O2/c1-14-7-8-15(2)20(13-14)24(17-11-9-16(23)10-12-17)25-21(26)18-5-3-4-6-19(18)22(25)27/h3-13H,1-2H3. The number of imide groups is 1. The molecule has 134 valence electrons. The molecule has 0 atom stereocenters. The number of hydrogen-bond donors (Lipinski definition) is 0. The van der Waals surface area contributed by atoms with Crippen molar-refractivity contribution in [1.29, 1.82) is 0 Å². The van der Waals surface area contributed by atoms with Crippen molar-refractivity contribution < 1.29 is 9.59 Å². The average molecular weight is 421 g/mol. The van der Waals surface area contributed by atoms with Gasteiger partial charge in [0.2, 0.25) is 0 Å². The molecule has 2 amide bonds. The third-order valence-corrected chi connectivity index (χ3v) is 5.17. The van der Waals surface area contributed by atoms with Crippen LogP contribution in [-0.2, 0) is 0 Å². The van der Waals surface area contributed by atoms with Crippen LogP contribution in [-0.4, -0.2) is 16.8 Å². The second-order valence-electron chi connectivity index (χ2n) is 6.55. The van der Waals surface area contributed by atoms with Gasteiger partial charge in [0.25, 0.3) is 11.8 Å². The Bertz CT molecular complexity index is 1030. The lowest BCUT2D eigenvalue weighted by atomic mass is 10.1. The van der Waals surface area contributed by atoms with Crippen molar-refractivity contribution in [3.05, 3.63) is 93.5 Å². The van der Waals surface area contributed by atoms with E-state index in [0.29, 0.717) is 11.1 Å². The molecule has 0 unspecified atom stereocenters. The Kier molecular flexibility index (Phi) is 4.32. The summed E-state index contributed by atoms with van der Waals surface area (Å²) in [4.78, 5) is 26.2. The van der Waals surface area contributed by atoms with E-state index in [0.717, 1.165) is 27.0 Å². The number of anilines is 2. The van der Waals surface area contributed by atoms with Gasteiger partial charge >= 0.3 is 0 Å². The van der Waals surface area contributed by atoms with Crippen molar-refractivity contribution in [2.24, 2.45) is 0 Å². The zero-order valence-corrected chi connectivity index (χ0v) is 16.5.